The van der Waals surface area contributed by atoms with Gasteiger partial charge in [-0.3, -0.25) is 19.3 Å². The molecule has 0 aromatic carbocycles. The van der Waals surface area contributed by atoms with E-state index < -0.39 is 43.8 Å². The number of hydrogen-bond donors (Lipinski definition) is 3. The third kappa shape index (κ3) is 7.71. The Morgan fingerprint density at radius 2 is 1.56 bits per heavy atom. The van der Waals surface area contributed by atoms with Gasteiger partial charge in [-0.25, -0.2) is 0 Å². The molecule has 16 heavy (non-hydrogen) atoms. The van der Waals surface area contributed by atoms with Gasteiger partial charge >= 0.3 is 17.9 Å². The van der Waals surface area contributed by atoms with Crippen molar-refractivity contribution in [1.82, 2.24) is 4.90 Å². The molecule has 0 heterocycles. The van der Waals surface area contributed by atoms with Crippen molar-refractivity contribution < 1.29 is 34.4 Å². The van der Waals surface area contributed by atoms with Crippen LogP contribution in [-0.2, 0) is 19.1 Å². The van der Waals surface area contributed by atoms with E-state index in [1.54, 1.807) is 0 Å². The molecule has 0 saturated carbocycles. The molecule has 92 valence electrons. The first kappa shape index (κ1) is 14.3. The predicted molar refractivity (Wildman–Crippen MR) is 49.5 cm³/mol. The van der Waals surface area contributed by atoms with Gasteiger partial charge in [-0.2, -0.15) is 0 Å². The molecule has 8 nitrogen and oxygen atoms in total. The Morgan fingerprint density at radius 3 is 1.88 bits per heavy atom. The zero-order valence-electron chi connectivity index (χ0n) is 8.62. The third-order valence-electron chi connectivity index (χ3n) is 1.37. The Bertz CT molecular complexity index is 260. The average molecular weight is 235 g/mol. The number of aliphatic hydroxyl groups excluding tert-OH is 1. The second kappa shape index (κ2) is 6.75. The first-order valence-electron chi connectivity index (χ1n) is 4.34. The SMILES string of the molecule is CC(O)OC(=O)CN(CC(=O)O)CC(=O)O. The zero-order valence-corrected chi connectivity index (χ0v) is 8.62. The molecule has 0 aliphatic heterocycles. The fourth-order valence-corrected chi connectivity index (χ4v) is 0.960. The molecule has 0 amide bonds. The summed E-state index contributed by atoms with van der Waals surface area (Å²) >= 11 is 0. The number of rotatable bonds is 7. The molecule has 0 fully saturated rings. The molecule has 0 bridgehead atoms. The van der Waals surface area contributed by atoms with E-state index in [1.165, 1.54) is 6.92 Å². The van der Waals surface area contributed by atoms with Crippen LogP contribution < -0.4 is 0 Å². The number of ether oxygens (including phenoxy) is 1. The van der Waals surface area contributed by atoms with Crippen molar-refractivity contribution >= 4 is 17.9 Å². The third-order valence-corrected chi connectivity index (χ3v) is 1.37. The summed E-state index contributed by atoms with van der Waals surface area (Å²) in [6.45, 7) is -0.497. The van der Waals surface area contributed by atoms with Gasteiger partial charge in [-0.15, -0.1) is 0 Å². The van der Waals surface area contributed by atoms with E-state index in [-0.39, 0.29) is 0 Å². The highest BCUT2D eigenvalue weighted by Crippen LogP contribution is 1.93. The molecular formula is C8H13NO7. The summed E-state index contributed by atoms with van der Waals surface area (Å²) in [4.78, 5) is 32.6. The lowest BCUT2D eigenvalue weighted by atomic mass is 10.4. The van der Waals surface area contributed by atoms with E-state index in [0.29, 0.717) is 0 Å². The van der Waals surface area contributed by atoms with Crippen LogP contribution in [-0.4, -0.2) is 64.1 Å². The molecule has 1 atom stereocenters. The van der Waals surface area contributed by atoms with E-state index in [4.69, 9.17) is 15.3 Å². The van der Waals surface area contributed by atoms with Crippen molar-refractivity contribution in [3.05, 3.63) is 0 Å². The van der Waals surface area contributed by atoms with Crippen LogP contribution in [0.15, 0.2) is 0 Å². The first-order valence-corrected chi connectivity index (χ1v) is 4.34. The molecule has 0 aliphatic rings. The summed E-state index contributed by atoms with van der Waals surface area (Å²) in [6.07, 6.45) is -1.32. The van der Waals surface area contributed by atoms with Crippen LogP contribution >= 0.6 is 0 Å². The average Bonchev–Trinajstić information content (AvgIpc) is 1.97. The summed E-state index contributed by atoms with van der Waals surface area (Å²) in [5.74, 6) is -3.41. The topological polar surface area (TPSA) is 124 Å². The first-order chi connectivity index (χ1) is 7.31. The van der Waals surface area contributed by atoms with E-state index in [1.807, 2.05) is 0 Å². The minimum Gasteiger partial charge on any atom is -0.480 e. The van der Waals surface area contributed by atoms with Crippen LogP contribution in [0, 0.1) is 0 Å². The zero-order chi connectivity index (χ0) is 12.7. The van der Waals surface area contributed by atoms with Crippen molar-refractivity contribution in [2.75, 3.05) is 19.6 Å². The molecule has 0 radical (unpaired) electrons. The number of aliphatic carboxylic acids is 2. The fourth-order valence-electron chi connectivity index (χ4n) is 0.960. The van der Waals surface area contributed by atoms with Crippen molar-refractivity contribution in [1.29, 1.82) is 0 Å². The summed E-state index contributed by atoms with van der Waals surface area (Å²) in [5.41, 5.74) is 0. The summed E-state index contributed by atoms with van der Waals surface area (Å²) in [6, 6.07) is 0. The van der Waals surface area contributed by atoms with E-state index in [0.717, 1.165) is 4.90 Å². The van der Waals surface area contributed by atoms with Gasteiger partial charge < -0.3 is 20.1 Å². The van der Waals surface area contributed by atoms with E-state index in [9.17, 15) is 14.4 Å². The van der Waals surface area contributed by atoms with Crippen molar-refractivity contribution in [3.8, 4) is 0 Å². The smallest absolute Gasteiger partial charge is 0.322 e. The summed E-state index contributed by atoms with van der Waals surface area (Å²) in [7, 11) is 0. The maximum Gasteiger partial charge on any atom is 0.322 e. The maximum absolute atomic E-state index is 11.0. The molecule has 8 heteroatoms. The molecule has 0 aromatic heterocycles. The molecule has 0 saturated heterocycles. The monoisotopic (exact) mass is 235 g/mol. The van der Waals surface area contributed by atoms with Crippen LogP contribution in [0.2, 0.25) is 0 Å². The molecular weight excluding hydrogens is 222 g/mol. The number of aliphatic hydroxyl groups is 1. The van der Waals surface area contributed by atoms with Crippen LogP contribution in [0.5, 0.6) is 0 Å². The van der Waals surface area contributed by atoms with E-state index in [2.05, 4.69) is 4.74 Å². The quantitative estimate of drug-likeness (QED) is 0.353. The minimum absolute atomic E-state index is 0.510. The summed E-state index contributed by atoms with van der Waals surface area (Å²) in [5, 5.41) is 25.6. The standard InChI is InChI=1S/C8H13NO7/c1-5(10)16-8(15)4-9(2-6(11)12)3-7(13)14/h5,10H,2-4H2,1H3,(H,11,12)(H,13,14). The lowest BCUT2D eigenvalue weighted by molar-refractivity contribution is -0.166. The Morgan fingerprint density at radius 1 is 1.12 bits per heavy atom. The van der Waals surface area contributed by atoms with Gasteiger partial charge in [0.25, 0.3) is 0 Å². The number of nitrogens with zero attached hydrogens (tertiary/aromatic N) is 1. The van der Waals surface area contributed by atoms with E-state index >= 15 is 0 Å². The second-order valence-electron chi connectivity index (χ2n) is 3.02. The van der Waals surface area contributed by atoms with Gasteiger partial charge in [-0.1, -0.05) is 0 Å². The normalized spacial score (nSPS) is 12.2. The second-order valence-corrected chi connectivity index (χ2v) is 3.02. The van der Waals surface area contributed by atoms with Crippen LogP contribution in [0.1, 0.15) is 6.92 Å². The Hall–Kier alpha value is -1.67. The number of carbonyl (C=O) groups excluding carboxylic acids is 1. The van der Waals surface area contributed by atoms with Gasteiger partial charge in [-0.05, 0) is 6.92 Å². The largest absolute Gasteiger partial charge is 0.480 e. The van der Waals surface area contributed by atoms with Gasteiger partial charge in [0.05, 0.1) is 19.6 Å². The van der Waals surface area contributed by atoms with Gasteiger partial charge in [0.15, 0.2) is 6.29 Å². The lowest BCUT2D eigenvalue weighted by Gasteiger charge is -2.17. The number of carboxylic acid groups (broad SMARTS) is 2. The highest BCUT2D eigenvalue weighted by Gasteiger charge is 2.18. The Kier molecular flexibility index (Phi) is 6.04. The highest BCUT2D eigenvalue weighted by atomic mass is 16.6. The van der Waals surface area contributed by atoms with Crippen molar-refractivity contribution in [2.45, 2.75) is 13.2 Å². The Balaban J connectivity index is 4.24. The molecule has 1 unspecified atom stereocenters. The number of esters is 1. The number of carboxylic acids is 2. The molecule has 0 spiro atoms. The molecule has 0 aromatic rings. The van der Waals surface area contributed by atoms with Gasteiger partial charge in [0.1, 0.15) is 0 Å². The highest BCUT2D eigenvalue weighted by molar-refractivity contribution is 5.76. The molecule has 0 aliphatic carbocycles. The van der Waals surface area contributed by atoms with Gasteiger partial charge in [0.2, 0.25) is 0 Å². The molecule has 0 rings (SSSR count). The fraction of sp³-hybridized carbons (Fsp3) is 0.625. The molecule has 3 N–H and O–H groups in total. The van der Waals surface area contributed by atoms with Crippen molar-refractivity contribution in [3.63, 3.8) is 0 Å². The minimum atomic E-state index is -1.32. The van der Waals surface area contributed by atoms with Gasteiger partial charge in [0, 0.05) is 0 Å². The number of hydrogen-bond acceptors (Lipinski definition) is 6. The van der Waals surface area contributed by atoms with Crippen molar-refractivity contribution in [2.24, 2.45) is 0 Å². The van der Waals surface area contributed by atoms with Crippen LogP contribution in [0.4, 0.5) is 0 Å². The maximum atomic E-state index is 11.0. The lowest BCUT2D eigenvalue weighted by Crippen LogP contribution is -2.39. The summed E-state index contributed by atoms with van der Waals surface area (Å²) < 4.78 is 4.33. The number of carbonyl (C=O) groups is 3. The van der Waals surface area contributed by atoms with Crippen LogP contribution in [0.25, 0.3) is 0 Å². The van der Waals surface area contributed by atoms with Crippen LogP contribution in [0.3, 0.4) is 0 Å². The predicted octanol–water partition coefficient (Wildman–Crippen LogP) is -1.66. The Labute approximate surface area is 91.0 Å².